The van der Waals surface area contributed by atoms with Crippen LogP contribution in [0.4, 0.5) is 10.1 Å². The molecule has 0 aromatic heterocycles. The predicted octanol–water partition coefficient (Wildman–Crippen LogP) is 0.265. The first-order chi connectivity index (χ1) is 19.7. The van der Waals surface area contributed by atoms with Crippen LogP contribution in [0.3, 0.4) is 0 Å². The van der Waals surface area contributed by atoms with E-state index >= 15 is 4.39 Å². The van der Waals surface area contributed by atoms with Crippen molar-refractivity contribution in [1.82, 2.24) is 25.0 Å². The van der Waals surface area contributed by atoms with Crippen molar-refractivity contribution in [2.75, 3.05) is 46.4 Å². The van der Waals surface area contributed by atoms with E-state index in [1.165, 1.54) is 28.6 Å². The molecule has 5 fully saturated rings. The minimum Gasteiger partial charge on any atom is -0.388 e. The highest BCUT2D eigenvalue weighted by Gasteiger charge is 2.50. The molecule has 1 aromatic rings. The number of sulfonamides is 1. The smallest absolute Gasteiger partial charge is 0.289 e. The molecule has 7 unspecified atom stereocenters. The summed E-state index contributed by atoms with van der Waals surface area (Å²) in [6.45, 7) is 2.16. The number of nitrogens with zero attached hydrogens (tertiary/aromatic N) is 4. The number of rotatable bonds is 4. The van der Waals surface area contributed by atoms with Crippen molar-refractivity contribution in [3.63, 3.8) is 0 Å². The number of aliphatic hydroxyl groups is 1. The van der Waals surface area contributed by atoms with Gasteiger partial charge < -0.3 is 14.6 Å². The molecule has 13 nitrogen and oxygen atoms in total. The molecule has 15 heteroatoms. The highest BCUT2D eigenvalue weighted by molar-refractivity contribution is 7.89. The van der Waals surface area contributed by atoms with Gasteiger partial charge in [-0.3, -0.25) is 25.8 Å². The van der Waals surface area contributed by atoms with Gasteiger partial charge in [0.1, 0.15) is 18.5 Å². The Morgan fingerprint density at radius 3 is 2.73 bits per heavy atom. The van der Waals surface area contributed by atoms with E-state index in [9.17, 15) is 23.6 Å². The fourth-order valence-corrected chi connectivity index (χ4v) is 9.31. The largest absolute Gasteiger partial charge is 0.388 e. The minimum absolute atomic E-state index is 0.0346. The average Bonchev–Trinajstić information content (AvgIpc) is 3.54. The van der Waals surface area contributed by atoms with Crippen molar-refractivity contribution >= 4 is 15.7 Å². The quantitative estimate of drug-likeness (QED) is 0.324. The molecule has 4 bridgehead atoms. The molecule has 4 saturated heterocycles. The summed E-state index contributed by atoms with van der Waals surface area (Å²) in [5.74, 6) is -0.201. The van der Waals surface area contributed by atoms with Crippen LogP contribution in [-0.2, 0) is 19.5 Å². The Labute approximate surface area is 239 Å². The van der Waals surface area contributed by atoms with E-state index in [2.05, 4.69) is 15.6 Å². The maximum atomic E-state index is 15.5. The van der Waals surface area contributed by atoms with Gasteiger partial charge in [-0.25, -0.2) is 17.8 Å². The fraction of sp³-hybridized carbons (Fsp3) is 0.769. The van der Waals surface area contributed by atoms with Crippen LogP contribution in [-0.4, -0.2) is 122 Å². The third kappa shape index (κ3) is 5.63. The zero-order valence-corrected chi connectivity index (χ0v) is 23.9. The van der Waals surface area contributed by atoms with Gasteiger partial charge in [-0.2, -0.15) is 4.31 Å². The number of aliphatic hydroxyl groups excluding tert-OH is 1. The molecule has 3 N–H and O–H groups in total. The van der Waals surface area contributed by atoms with Gasteiger partial charge in [0, 0.05) is 63.9 Å². The lowest BCUT2D eigenvalue weighted by atomic mass is 9.75. The molecule has 228 valence electrons. The second-order valence-corrected chi connectivity index (χ2v) is 13.8. The van der Waals surface area contributed by atoms with Gasteiger partial charge >= 0.3 is 0 Å². The third-order valence-corrected chi connectivity index (χ3v) is 11.6. The van der Waals surface area contributed by atoms with Crippen molar-refractivity contribution in [2.45, 2.75) is 73.4 Å². The fourth-order valence-electron chi connectivity index (χ4n) is 7.51. The topological polar surface area (TPSA) is 150 Å². The van der Waals surface area contributed by atoms with E-state index in [0.29, 0.717) is 52.0 Å². The first-order valence-electron chi connectivity index (χ1n) is 14.4. The van der Waals surface area contributed by atoms with Crippen LogP contribution in [0.1, 0.15) is 25.7 Å². The molecule has 5 aliphatic rings. The zero-order chi connectivity index (χ0) is 28.9. The van der Waals surface area contributed by atoms with Gasteiger partial charge in [0.15, 0.2) is 4.90 Å². The Kier molecular flexibility index (Phi) is 8.35. The molecular weight excluding hydrogens is 559 g/mol. The molecule has 4 heterocycles. The van der Waals surface area contributed by atoms with Crippen molar-refractivity contribution < 1.29 is 32.3 Å². The lowest BCUT2D eigenvalue weighted by Crippen LogP contribution is -2.65. The molecule has 6 rings (SSSR count). The van der Waals surface area contributed by atoms with Crippen LogP contribution in [0.25, 0.3) is 0 Å². The summed E-state index contributed by atoms with van der Waals surface area (Å²) < 4.78 is 57.1. The highest BCUT2D eigenvalue weighted by atomic mass is 32.2. The SMILES string of the molecule is CO[C@@H]1C[C@H]2COC3NC4C(CNN4CC3O)C3CC(F)CC(C3)N(S(=O)(=O)c3ccccc3[N+](=O)[O-])CCN2C1. The molecule has 9 atom stereocenters. The normalized spacial score (nSPS) is 39.2. The lowest BCUT2D eigenvalue weighted by molar-refractivity contribution is -0.387. The van der Waals surface area contributed by atoms with Gasteiger partial charge in [0.25, 0.3) is 5.69 Å². The number of methoxy groups -OCH3 is 1. The summed E-state index contributed by atoms with van der Waals surface area (Å²) in [6.07, 6.45) is -1.41. The molecule has 1 aromatic carbocycles. The molecule has 4 aliphatic heterocycles. The number of alkyl halides is 1. The Hall–Kier alpha value is -1.82. The van der Waals surface area contributed by atoms with E-state index < -0.39 is 45.2 Å². The second kappa shape index (κ2) is 11.7. The second-order valence-electron chi connectivity index (χ2n) is 11.9. The minimum atomic E-state index is -4.34. The number of ether oxygens (including phenoxy) is 2. The monoisotopic (exact) mass is 598 g/mol. The van der Waals surface area contributed by atoms with Crippen molar-refractivity contribution in [3.05, 3.63) is 34.4 Å². The number of nitrogens with one attached hydrogen (secondary N) is 2. The molecular formula is C26H39FN6O7S. The molecule has 1 saturated carbocycles. The molecule has 0 spiro atoms. The van der Waals surface area contributed by atoms with E-state index in [0.717, 1.165) is 0 Å². The number of nitro groups is 1. The van der Waals surface area contributed by atoms with Crippen molar-refractivity contribution in [2.24, 2.45) is 11.8 Å². The first-order valence-corrected chi connectivity index (χ1v) is 15.8. The van der Waals surface area contributed by atoms with Crippen LogP contribution in [0.5, 0.6) is 0 Å². The Morgan fingerprint density at radius 1 is 1.15 bits per heavy atom. The maximum Gasteiger partial charge on any atom is 0.289 e. The zero-order valence-electron chi connectivity index (χ0n) is 23.0. The molecule has 41 heavy (non-hydrogen) atoms. The first kappa shape index (κ1) is 29.3. The van der Waals surface area contributed by atoms with Crippen molar-refractivity contribution in [3.8, 4) is 0 Å². The van der Waals surface area contributed by atoms with E-state index in [-0.39, 0.29) is 48.0 Å². The van der Waals surface area contributed by atoms with Crippen LogP contribution >= 0.6 is 0 Å². The number of halogens is 1. The average molecular weight is 599 g/mol. The Balaban J connectivity index is 1.38. The Bertz CT molecular complexity index is 1230. The number of hydrogen-bond donors (Lipinski definition) is 3. The van der Waals surface area contributed by atoms with Gasteiger partial charge in [0.05, 0.1) is 23.8 Å². The van der Waals surface area contributed by atoms with Gasteiger partial charge in [-0.15, -0.1) is 0 Å². The number of para-hydroxylation sites is 1. The highest BCUT2D eigenvalue weighted by Crippen LogP contribution is 2.41. The summed E-state index contributed by atoms with van der Waals surface area (Å²) in [7, 11) is -2.70. The lowest BCUT2D eigenvalue weighted by Gasteiger charge is -2.45. The van der Waals surface area contributed by atoms with Crippen molar-refractivity contribution in [1.29, 1.82) is 0 Å². The molecule has 1 aliphatic carbocycles. The van der Waals surface area contributed by atoms with Gasteiger partial charge in [-0.05, 0) is 37.7 Å². The predicted molar refractivity (Wildman–Crippen MR) is 145 cm³/mol. The van der Waals surface area contributed by atoms with Gasteiger partial charge in [0.2, 0.25) is 10.0 Å². The summed E-state index contributed by atoms with van der Waals surface area (Å²) in [5, 5.41) is 28.0. The summed E-state index contributed by atoms with van der Waals surface area (Å²) in [5.41, 5.74) is 2.83. The van der Waals surface area contributed by atoms with E-state index in [1.807, 2.05) is 5.01 Å². The molecule has 0 radical (unpaired) electrons. The number of nitro benzene ring substituents is 1. The summed E-state index contributed by atoms with van der Waals surface area (Å²) in [4.78, 5) is 12.9. The third-order valence-electron chi connectivity index (χ3n) is 9.56. The standard InChI is InChI=1S/C26H39FN6O7S/c1-39-20-11-19-15-40-26-23(34)14-31-25(29-26)21(12-28-31)16-8-17(27)10-18(9-16)32(7-6-30(19)13-20)41(37,38)24-5-3-2-4-22(24)33(35)36/h2-5,16-21,23,25-26,28-29,34H,6-15H2,1H3/t16?,17?,18?,19-,20+,21?,23?,25?,26?/m0/s1. The number of hydrogen-bond acceptors (Lipinski definition) is 11. The van der Waals surface area contributed by atoms with Crippen LogP contribution in [0.2, 0.25) is 0 Å². The number of fused-ring (bicyclic) bond motifs is 5. The van der Waals surface area contributed by atoms with E-state index in [1.54, 1.807) is 7.11 Å². The molecule has 0 amide bonds. The Morgan fingerprint density at radius 2 is 1.95 bits per heavy atom. The number of hydrazine groups is 1. The maximum absolute atomic E-state index is 15.5. The van der Waals surface area contributed by atoms with Crippen LogP contribution < -0.4 is 10.7 Å². The van der Waals surface area contributed by atoms with E-state index in [4.69, 9.17) is 9.47 Å². The summed E-state index contributed by atoms with van der Waals surface area (Å²) >= 11 is 0. The van der Waals surface area contributed by atoms with Gasteiger partial charge in [-0.1, -0.05) is 12.1 Å². The summed E-state index contributed by atoms with van der Waals surface area (Å²) in [6, 6.07) is 4.61. The number of benzene rings is 1. The van der Waals surface area contributed by atoms with Crippen LogP contribution in [0, 0.1) is 22.0 Å². The van der Waals surface area contributed by atoms with Crippen LogP contribution in [0.15, 0.2) is 29.2 Å².